The highest BCUT2D eigenvalue weighted by molar-refractivity contribution is 6.06. The van der Waals surface area contributed by atoms with Crippen molar-refractivity contribution in [2.45, 2.75) is 58.0 Å². The molecule has 9 heteroatoms. The summed E-state index contributed by atoms with van der Waals surface area (Å²) in [5, 5.41) is 2.80. The van der Waals surface area contributed by atoms with E-state index in [1.807, 2.05) is 22.7 Å². The van der Waals surface area contributed by atoms with E-state index in [-0.39, 0.29) is 36.0 Å². The molecule has 0 saturated heterocycles. The summed E-state index contributed by atoms with van der Waals surface area (Å²) in [5.74, 6) is 0.502. The first-order valence-electron chi connectivity index (χ1n) is 12.7. The van der Waals surface area contributed by atoms with Crippen LogP contribution in [0.5, 0.6) is 0 Å². The van der Waals surface area contributed by atoms with E-state index in [4.69, 9.17) is 10.7 Å². The molecular weight excluding hydrogens is 486 g/mol. The van der Waals surface area contributed by atoms with Gasteiger partial charge in [0.15, 0.2) is 5.82 Å². The highest BCUT2D eigenvalue weighted by Gasteiger charge is 2.42. The zero-order chi connectivity index (χ0) is 26.8. The molecule has 2 aliphatic carbocycles. The molecule has 0 saturated carbocycles. The lowest BCUT2D eigenvalue weighted by Crippen LogP contribution is -2.27. The number of halogens is 2. The minimum Gasteiger partial charge on any atom is -0.383 e. The number of aromatic nitrogens is 4. The van der Waals surface area contributed by atoms with Crippen LogP contribution in [0.1, 0.15) is 57.0 Å². The van der Waals surface area contributed by atoms with Crippen LogP contribution in [0.25, 0.3) is 22.6 Å². The molecule has 7 nitrogen and oxygen atoms in total. The molecule has 1 aliphatic heterocycles. The number of pyridine rings is 1. The molecule has 3 aliphatic rings. The van der Waals surface area contributed by atoms with Gasteiger partial charge in [-0.1, -0.05) is 30.4 Å². The third-order valence-corrected chi connectivity index (χ3v) is 7.60. The van der Waals surface area contributed by atoms with Crippen LogP contribution in [0, 0.1) is 0 Å². The van der Waals surface area contributed by atoms with Gasteiger partial charge in [-0.15, -0.1) is 0 Å². The highest BCUT2D eigenvalue weighted by Crippen LogP contribution is 2.41. The maximum Gasteiger partial charge on any atom is 0.235 e. The van der Waals surface area contributed by atoms with Gasteiger partial charge in [-0.05, 0) is 56.4 Å². The summed E-state index contributed by atoms with van der Waals surface area (Å²) < 4.78 is 31.8. The van der Waals surface area contributed by atoms with Gasteiger partial charge in [-0.3, -0.25) is 4.79 Å². The van der Waals surface area contributed by atoms with Gasteiger partial charge < -0.3 is 15.5 Å². The van der Waals surface area contributed by atoms with Crippen LogP contribution in [0.4, 0.5) is 20.4 Å². The molecular formula is C29H28F2N6O. The zero-order valence-corrected chi connectivity index (χ0v) is 21.5. The van der Waals surface area contributed by atoms with Crippen LogP contribution in [-0.4, -0.2) is 31.4 Å². The summed E-state index contributed by atoms with van der Waals surface area (Å²) in [6, 6.07) is 3.89. The fourth-order valence-electron chi connectivity index (χ4n) is 5.36. The molecule has 194 valence electrons. The number of nitrogen functional groups attached to an aromatic ring is 1. The normalized spacial score (nSPS) is 20.4. The Bertz CT molecular complexity index is 1640. The van der Waals surface area contributed by atoms with Crippen molar-refractivity contribution >= 4 is 28.6 Å². The number of amides is 1. The lowest BCUT2D eigenvalue weighted by atomic mass is 9.87. The summed E-state index contributed by atoms with van der Waals surface area (Å²) in [6.45, 7) is 5.18. The molecule has 0 bridgehead atoms. The fourth-order valence-corrected chi connectivity index (χ4v) is 5.36. The van der Waals surface area contributed by atoms with E-state index < -0.39 is 17.4 Å². The van der Waals surface area contributed by atoms with Crippen molar-refractivity contribution in [2.75, 3.05) is 11.1 Å². The molecule has 0 spiro atoms. The van der Waals surface area contributed by atoms with E-state index in [0.717, 1.165) is 24.0 Å². The molecule has 3 N–H and O–H groups in total. The van der Waals surface area contributed by atoms with Crippen LogP contribution < -0.4 is 11.1 Å². The van der Waals surface area contributed by atoms with Crippen LogP contribution in [0.2, 0.25) is 0 Å². The van der Waals surface area contributed by atoms with E-state index in [0.29, 0.717) is 34.0 Å². The Morgan fingerprint density at radius 1 is 1.18 bits per heavy atom. The number of hydrogen-bond acceptors (Lipinski definition) is 5. The number of alkyl halides is 1. The van der Waals surface area contributed by atoms with Gasteiger partial charge in [0.25, 0.3) is 0 Å². The zero-order valence-electron chi connectivity index (χ0n) is 21.5. The Morgan fingerprint density at radius 2 is 2.00 bits per heavy atom. The standard InChI is InChI=1S/C29H28F2N6O/c1-15-9-11-19(30)18(23(15)31)13-21-33-24(20-12-10-17(14-37(20)21)16-7-5-4-6-8-16)27-34-25(32)22-26(35-27)36-28(38)29(22,2)3/h5,7-10,12,14,19H,4,6,11,13H2,1-3H3,(H3,32,34,35,36,38). The molecule has 0 radical (unpaired) electrons. The minimum atomic E-state index is -1.42. The lowest BCUT2D eigenvalue weighted by molar-refractivity contribution is -0.119. The third kappa shape index (κ3) is 3.76. The number of anilines is 2. The first-order chi connectivity index (χ1) is 18.1. The molecule has 3 aromatic heterocycles. The maximum absolute atomic E-state index is 15.0. The van der Waals surface area contributed by atoms with Crippen molar-refractivity contribution in [3.05, 3.63) is 76.6 Å². The SMILES string of the molecule is CC1=CCC(F)C(Cc2nc(-c3nc(N)c4c(n3)NC(=O)C4(C)C)c3ccc(C4=CCCC=C4)cn23)=C1F. The number of fused-ring (bicyclic) bond motifs is 2. The molecule has 0 aromatic carbocycles. The molecule has 38 heavy (non-hydrogen) atoms. The number of nitrogens with two attached hydrogens (primary N) is 1. The van der Waals surface area contributed by atoms with E-state index in [2.05, 4.69) is 33.5 Å². The Kier molecular flexibility index (Phi) is 5.55. The average Bonchev–Trinajstić information content (AvgIpc) is 3.37. The first kappa shape index (κ1) is 24.2. The van der Waals surface area contributed by atoms with E-state index in [1.54, 1.807) is 26.8 Å². The fraction of sp³-hybridized carbons (Fsp3) is 0.310. The van der Waals surface area contributed by atoms with Crippen molar-refractivity contribution in [1.82, 2.24) is 19.4 Å². The molecule has 3 aromatic rings. The number of carbonyl (C=O) groups excluding carboxylic acids is 1. The van der Waals surface area contributed by atoms with Gasteiger partial charge in [-0.25, -0.2) is 23.7 Å². The van der Waals surface area contributed by atoms with Crippen molar-refractivity contribution in [3.8, 4) is 11.5 Å². The van der Waals surface area contributed by atoms with E-state index >= 15 is 4.39 Å². The number of hydrogen-bond donors (Lipinski definition) is 2. The van der Waals surface area contributed by atoms with Gasteiger partial charge in [0, 0.05) is 24.6 Å². The van der Waals surface area contributed by atoms with Crippen molar-refractivity contribution in [3.63, 3.8) is 0 Å². The summed E-state index contributed by atoms with van der Waals surface area (Å²) in [7, 11) is 0. The largest absolute Gasteiger partial charge is 0.383 e. The van der Waals surface area contributed by atoms with Crippen LogP contribution in [0.3, 0.4) is 0 Å². The van der Waals surface area contributed by atoms with Crippen LogP contribution >= 0.6 is 0 Å². The number of nitrogens with zero attached hydrogens (tertiary/aromatic N) is 4. The summed E-state index contributed by atoms with van der Waals surface area (Å²) >= 11 is 0. The quantitative estimate of drug-likeness (QED) is 0.459. The molecule has 6 rings (SSSR count). The molecule has 1 atom stereocenters. The second-order valence-electron chi connectivity index (χ2n) is 10.5. The molecule has 4 heterocycles. The Hall–Kier alpha value is -4.14. The predicted molar refractivity (Wildman–Crippen MR) is 144 cm³/mol. The Balaban J connectivity index is 1.53. The molecule has 1 amide bonds. The van der Waals surface area contributed by atoms with E-state index in [1.165, 1.54) is 0 Å². The van der Waals surface area contributed by atoms with Gasteiger partial charge in [0.2, 0.25) is 5.91 Å². The monoisotopic (exact) mass is 514 g/mol. The van der Waals surface area contributed by atoms with Crippen molar-refractivity contribution in [1.29, 1.82) is 0 Å². The molecule has 0 fully saturated rings. The van der Waals surface area contributed by atoms with Crippen LogP contribution in [-0.2, 0) is 16.6 Å². The van der Waals surface area contributed by atoms with Crippen molar-refractivity contribution in [2.24, 2.45) is 0 Å². The van der Waals surface area contributed by atoms with Gasteiger partial charge >= 0.3 is 0 Å². The topological polar surface area (TPSA) is 98.2 Å². The lowest BCUT2D eigenvalue weighted by Gasteiger charge is -2.18. The molecule has 1 unspecified atom stereocenters. The van der Waals surface area contributed by atoms with Crippen LogP contribution in [0.15, 0.2) is 59.6 Å². The third-order valence-electron chi connectivity index (χ3n) is 7.60. The summed E-state index contributed by atoms with van der Waals surface area (Å²) in [4.78, 5) is 26.4. The maximum atomic E-state index is 15.0. The van der Waals surface area contributed by atoms with Gasteiger partial charge in [0.1, 0.15) is 35.2 Å². The number of nitrogens with one attached hydrogen (secondary N) is 1. The number of rotatable bonds is 4. The smallest absolute Gasteiger partial charge is 0.235 e. The van der Waals surface area contributed by atoms with Crippen molar-refractivity contribution < 1.29 is 13.6 Å². The Labute approximate surface area is 218 Å². The first-order valence-corrected chi connectivity index (χ1v) is 12.7. The van der Waals surface area contributed by atoms with Gasteiger partial charge in [0.05, 0.1) is 16.5 Å². The average molecular weight is 515 g/mol. The minimum absolute atomic E-state index is 0.0120. The second kappa shape index (κ2) is 8.72. The number of carbonyl (C=O) groups is 1. The van der Waals surface area contributed by atoms with E-state index in [9.17, 15) is 9.18 Å². The number of imidazole rings is 1. The summed E-state index contributed by atoms with van der Waals surface area (Å²) in [6.07, 6.45) is 10.5. The highest BCUT2D eigenvalue weighted by atomic mass is 19.1. The Morgan fingerprint density at radius 3 is 2.76 bits per heavy atom. The summed E-state index contributed by atoms with van der Waals surface area (Å²) in [5.41, 5.74) is 9.65. The van der Waals surface area contributed by atoms with Gasteiger partial charge in [-0.2, -0.15) is 0 Å². The number of allylic oxidation sites excluding steroid dienone is 8. The second-order valence-corrected chi connectivity index (χ2v) is 10.5. The predicted octanol–water partition coefficient (Wildman–Crippen LogP) is 5.79.